The van der Waals surface area contributed by atoms with Crippen molar-refractivity contribution in [2.75, 3.05) is 5.32 Å². The van der Waals surface area contributed by atoms with Crippen LogP contribution in [0.25, 0.3) is 0 Å². The maximum atomic E-state index is 11.9. The van der Waals surface area contributed by atoms with Crippen LogP contribution in [0.15, 0.2) is 40.6 Å². The third-order valence-electron chi connectivity index (χ3n) is 2.28. The van der Waals surface area contributed by atoms with Crippen LogP contribution in [0.1, 0.15) is 13.3 Å². The highest BCUT2D eigenvalue weighted by Gasteiger charge is 2.16. The highest BCUT2D eigenvalue weighted by atomic mass is 16.4. The van der Waals surface area contributed by atoms with Gasteiger partial charge in [-0.25, -0.2) is 5.43 Å². The third kappa shape index (κ3) is 5.12. The Hall–Kier alpha value is -3.21. The van der Waals surface area contributed by atoms with Gasteiger partial charge < -0.3 is 10.5 Å². The normalized spacial score (nSPS) is 11.4. The minimum Gasteiger partial charge on any atom is -0.410 e. The number of hydrogen-bond donors (Lipinski definition) is 3. The maximum Gasteiger partial charge on any atom is 0.279 e. The van der Waals surface area contributed by atoms with Gasteiger partial charge >= 0.3 is 0 Å². The molecule has 21 heavy (non-hydrogen) atoms. The van der Waals surface area contributed by atoms with Gasteiger partial charge in [0.25, 0.3) is 11.8 Å². The van der Waals surface area contributed by atoms with Gasteiger partial charge in [-0.2, -0.15) is 10.4 Å². The van der Waals surface area contributed by atoms with Crippen LogP contribution < -0.4 is 10.7 Å². The minimum absolute atomic E-state index is 0.00257. The summed E-state index contributed by atoms with van der Waals surface area (Å²) in [5.74, 6) is -1.31. The summed E-state index contributed by atoms with van der Waals surface area (Å²) < 4.78 is 0. The first-order valence-electron chi connectivity index (χ1n) is 5.87. The van der Waals surface area contributed by atoms with Gasteiger partial charge in [-0.15, -0.1) is 0 Å². The van der Waals surface area contributed by atoms with Crippen LogP contribution in [0.4, 0.5) is 5.69 Å². The van der Waals surface area contributed by atoms with Crippen LogP contribution in [-0.2, 0) is 9.59 Å². The molecule has 1 aromatic carbocycles. The third-order valence-corrected chi connectivity index (χ3v) is 2.28. The van der Waals surface area contributed by atoms with Gasteiger partial charge in [0, 0.05) is 5.69 Å². The van der Waals surface area contributed by atoms with E-state index in [4.69, 9.17) is 10.5 Å². The zero-order valence-electron chi connectivity index (χ0n) is 11.2. The van der Waals surface area contributed by atoms with Crippen molar-refractivity contribution in [1.29, 1.82) is 5.26 Å². The van der Waals surface area contributed by atoms with Crippen LogP contribution in [-0.4, -0.2) is 28.4 Å². The van der Waals surface area contributed by atoms with Gasteiger partial charge in [-0.05, 0) is 19.1 Å². The van der Waals surface area contributed by atoms with E-state index in [1.54, 1.807) is 36.4 Å². The molecule has 0 aliphatic heterocycles. The fraction of sp³-hybridized carbons (Fsp3) is 0.154. The molecule has 0 bridgehead atoms. The number of oxime groups is 1. The highest BCUT2D eigenvalue weighted by molar-refractivity contribution is 6.68. The van der Waals surface area contributed by atoms with E-state index in [1.807, 2.05) is 0 Å². The van der Waals surface area contributed by atoms with Crippen molar-refractivity contribution in [3.8, 4) is 6.07 Å². The molecule has 1 aromatic rings. The van der Waals surface area contributed by atoms with E-state index in [2.05, 4.69) is 21.0 Å². The molecule has 0 saturated heterocycles. The summed E-state index contributed by atoms with van der Waals surface area (Å²) in [6, 6.07) is 10.2. The molecule has 0 atom stereocenters. The molecule has 108 valence electrons. The van der Waals surface area contributed by atoms with E-state index in [-0.39, 0.29) is 17.8 Å². The largest absolute Gasteiger partial charge is 0.410 e. The van der Waals surface area contributed by atoms with Crippen molar-refractivity contribution in [3.63, 3.8) is 0 Å². The zero-order valence-corrected chi connectivity index (χ0v) is 11.2. The number of nitriles is 1. The fourth-order valence-corrected chi connectivity index (χ4v) is 1.30. The second-order valence-electron chi connectivity index (χ2n) is 3.84. The van der Waals surface area contributed by atoms with E-state index in [0.717, 1.165) is 0 Å². The van der Waals surface area contributed by atoms with E-state index in [9.17, 15) is 9.59 Å². The Morgan fingerprint density at radius 2 is 2.00 bits per heavy atom. The van der Waals surface area contributed by atoms with Crippen LogP contribution in [0.2, 0.25) is 0 Å². The SMILES string of the molecule is CC(=NNC(=O)CC#N)C(=NO)C(=O)Nc1ccccc1. The molecule has 3 N–H and O–H groups in total. The number of nitrogens with zero attached hydrogens (tertiary/aromatic N) is 3. The number of rotatable bonds is 5. The number of amides is 2. The van der Waals surface area contributed by atoms with Gasteiger partial charge in [0.15, 0.2) is 5.71 Å². The maximum absolute atomic E-state index is 11.9. The smallest absolute Gasteiger partial charge is 0.279 e. The van der Waals surface area contributed by atoms with Crippen molar-refractivity contribution < 1.29 is 14.8 Å². The first-order chi connectivity index (χ1) is 10.1. The molecule has 8 heteroatoms. The minimum atomic E-state index is -0.681. The summed E-state index contributed by atoms with van der Waals surface area (Å²) in [4.78, 5) is 23.0. The van der Waals surface area contributed by atoms with Crippen molar-refractivity contribution in [3.05, 3.63) is 30.3 Å². The van der Waals surface area contributed by atoms with Crippen LogP contribution in [0, 0.1) is 11.3 Å². The summed E-state index contributed by atoms with van der Waals surface area (Å²) in [7, 11) is 0. The molecule has 0 fully saturated rings. The predicted molar refractivity (Wildman–Crippen MR) is 75.8 cm³/mol. The summed E-state index contributed by atoms with van der Waals surface area (Å²) in [6.07, 6.45) is -0.363. The van der Waals surface area contributed by atoms with E-state index in [1.165, 1.54) is 6.92 Å². The number of carbonyl (C=O) groups is 2. The molecule has 8 nitrogen and oxygen atoms in total. The molecule has 0 saturated carbocycles. The number of nitrogens with one attached hydrogen (secondary N) is 2. The monoisotopic (exact) mass is 287 g/mol. The molecule has 0 aromatic heterocycles. The van der Waals surface area contributed by atoms with Gasteiger partial charge in [0.05, 0.1) is 11.8 Å². The number of anilines is 1. The molecule has 0 spiro atoms. The standard InChI is InChI=1S/C13H13N5O3/c1-9(16-17-11(19)7-8-14)12(18-21)13(20)15-10-5-3-2-4-6-10/h2-6,21H,7H2,1H3,(H,15,20)(H,17,19). The second-order valence-corrected chi connectivity index (χ2v) is 3.84. The second kappa shape index (κ2) is 8.06. The number of para-hydroxylation sites is 1. The summed E-state index contributed by atoms with van der Waals surface area (Å²) in [5.41, 5.74) is 2.24. The molecule has 0 aliphatic carbocycles. The molecule has 1 rings (SSSR count). The lowest BCUT2D eigenvalue weighted by molar-refractivity contribution is -0.120. The molecule has 0 radical (unpaired) electrons. The Morgan fingerprint density at radius 1 is 1.33 bits per heavy atom. The Kier molecular flexibility index (Phi) is 6.08. The highest BCUT2D eigenvalue weighted by Crippen LogP contribution is 2.05. The van der Waals surface area contributed by atoms with Gasteiger partial charge in [-0.3, -0.25) is 9.59 Å². The lowest BCUT2D eigenvalue weighted by Crippen LogP contribution is -2.31. The van der Waals surface area contributed by atoms with Crippen molar-refractivity contribution in [2.45, 2.75) is 13.3 Å². The molecule has 0 aliphatic rings. The summed E-state index contributed by atoms with van der Waals surface area (Å²) in [6.45, 7) is 1.38. The Labute approximate surface area is 120 Å². The van der Waals surface area contributed by atoms with Crippen LogP contribution in [0.5, 0.6) is 0 Å². The summed E-state index contributed by atoms with van der Waals surface area (Å²) in [5, 5.41) is 26.2. The summed E-state index contributed by atoms with van der Waals surface area (Å²) >= 11 is 0. The van der Waals surface area contributed by atoms with E-state index >= 15 is 0 Å². The average molecular weight is 287 g/mol. The van der Waals surface area contributed by atoms with Crippen LogP contribution in [0.3, 0.4) is 0 Å². The molecular weight excluding hydrogens is 274 g/mol. The Balaban J connectivity index is 2.74. The molecular formula is C13H13N5O3. The predicted octanol–water partition coefficient (Wildman–Crippen LogP) is 0.861. The van der Waals surface area contributed by atoms with Crippen LogP contribution >= 0.6 is 0 Å². The van der Waals surface area contributed by atoms with Gasteiger partial charge in [0.2, 0.25) is 0 Å². The first-order valence-corrected chi connectivity index (χ1v) is 5.87. The van der Waals surface area contributed by atoms with E-state index < -0.39 is 11.8 Å². The lowest BCUT2D eigenvalue weighted by Gasteiger charge is -2.06. The van der Waals surface area contributed by atoms with Gasteiger partial charge in [0.1, 0.15) is 6.42 Å². The topological polar surface area (TPSA) is 127 Å². The number of hydrazone groups is 1. The first kappa shape index (κ1) is 15.8. The zero-order chi connectivity index (χ0) is 15.7. The van der Waals surface area contributed by atoms with Crippen molar-refractivity contribution in [1.82, 2.24) is 5.43 Å². The average Bonchev–Trinajstić information content (AvgIpc) is 2.47. The number of benzene rings is 1. The fourth-order valence-electron chi connectivity index (χ4n) is 1.30. The molecule has 0 heterocycles. The van der Waals surface area contributed by atoms with E-state index in [0.29, 0.717) is 5.69 Å². The quantitative estimate of drug-likeness (QED) is 0.421. The molecule has 2 amide bonds. The van der Waals surface area contributed by atoms with Gasteiger partial charge in [-0.1, -0.05) is 23.4 Å². The Bertz CT molecular complexity index is 616. The van der Waals surface area contributed by atoms with Crippen molar-refractivity contribution in [2.24, 2.45) is 10.3 Å². The number of hydrogen-bond acceptors (Lipinski definition) is 6. The lowest BCUT2D eigenvalue weighted by atomic mass is 10.2. The Morgan fingerprint density at radius 3 is 2.57 bits per heavy atom. The molecule has 0 unspecified atom stereocenters. The van der Waals surface area contributed by atoms with Crippen molar-refractivity contribution >= 4 is 28.9 Å². The number of carbonyl (C=O) groups excluding carboxylic acids is 2.